The first kappa shape index (κ1) is 13.8. The monoisotopic (exact) mass is 219 g/mol. The molecule has 0 aliphatic heterocycles. The summed E-state index contributed by atoms with van der Waals surface area (Å²) in [4.78, 5) is 11.5. The SMILES string of the molecule is CC1CCCC(C(N)=O)(C(C)C)C1.Cl. The van der Waals surface area contributed by atoms with Gasteiger partial charge in [-0.15, -0.1) is 12.4 Å². The number of amides is 1. The molecule has 2 N–H and O–H groups in total. The van der Waals surface area contributed by atoms with Crippen LogP contribution in [0.15, 0.2) is 0 Å². The van der Waals surface area contributed by atoms with E-state index >= 15 is 0 Å². The van der Waals surface area contributed by atoms with E-state index in [0.717, 1.165) is 19.3 Å². The zero-order valence-corrected chi connectivity index (χ0v) is 10.2. The van der Waals surface area contributed by atoms with Crippen LogP contribution in [0, 0.1) is 17.3 Å². The third-order valence-corrected chi connectivity index (χ3v) is 3.63. The van der Waals surface area contributed by atoms with Gasteiger partial charge in [-0.1, -0.05) is 33.6 Å². The van der Waals surface area contributed by atoms with Crippen molar-refractivity contribution in [1.29, 1.82) is 0 Å². The topological polar surface area (TPSA) is 43.1 Å². The number of carbonyl (C=O) groups is 1. The summed E-state index contributed by atoms with van der Waals surface area (Å²) in [5.41, 5.74) is 5.32. The van der Waals surface area contributed by atoms with Crippen LogP contribution < -0.4 is 5.73 Å². The lowest BCUT2D eigenvalue weighted by atomic mass is 9.64. The van der Waals surface area contributed by atoms with Gasteiger partial charge in [0.15, 0.2) is 0 Å². The fourth-order valence-corrected chi connectivity index (χ4v) is 2.62. The molecule has 2 unspecified atom stereocenters. The van der Waals surface area contributed by atoms with Gasteiger partial charge in [0.05, 0.1) is 5.41 Å². The summed E-state index contributed by atoms with van der Waals surface area (Å²) < 4.78 is 0. The molecule has 0 aromatic rings. The maximum absolute atomic E-state index is 11.5. The Balaban J connectivity index is 0.00000169. The standard InChI is InChI=1S/C11H21NO.ClH/c1-8(2)11(10(12)13)6-4-5-9(3)7-11;/h8-9H,4-7H2,1-3H3,(H2,12,13);1H. The Hall–Kier alpha value is -0.240. The third-order valence-electron chi connectivity index (χ3n) is 3.63. The zero-order valence-electron chi connectivity index (χ0n) is 9.38. The van der Waals surface area contributed by atoms with Gasteiger partial charge in [0.2, 0.25) is 5.91 Å². The van der Waals surface area contributed by atoms with Crippen molar-refractivity contribution in [3.05, 3.63) is 0 Å². The van der Waals surface area contributed by atoms with E-state index in [4.69, 9.17) is 5.73 Å². The minimum atomic E-state index is -0.211. The lowest BCUT2D eigenvalue weighted by Crippen LogP contribution is -2.44. The highest BCUT2D eigenvalue weighted by Gasteiger charge is 2.42. The molecule has 0 saturated heterocycles. The molecule has 14 heavy (non-hydrogen) atoms. The Kier molecular flexibility index (Phi) is 4.93. The van der Waals surface area contributed by atoms with Crippen LogP contribution in [0.3, 0.4) is 0 Å². The van der Waals surface area contributed by atoms with Crippen molar-refractivity contribution in [2.45, 2.75) is 46.5 Å². The van der Waals surface area contributed by atoms with Crippen LogP contribution in [-0.2, 0) is 4.79 Å². The molecule has 1 fully saturated rings. The molecule has 0 aromatic carbocycles. The Bertz CT molecular complexity index is 205. The largest absolute Gasteiger partial charge is 0.369 e. The average molecular weight is 220 g/mol. The highest BCUT2D eigenvalue weighted by atomic mass is 35.5. The van der Waals surface area contributed by atoms with Crippen LogP contribution in [-0.4, -0.2) is 5.91 Å². The van der Waals surface area contributed by atoms with Crippen molar-refractivity contribution >= 4 is 18.3 Å². The summed E-state index contributed by atoms with van der Waals surface area (Å²) >= 11 is 0. The molecule has 1 rings (SSSR count). The quantitative estimate of drug-likeness (QED) is 0.763. The molecular weight excluding hydrogens is 198 g/mol. The van der Waals surface area contributed by atoms with Crippen molar-refractivity contribution in [3.63, 3.8) is 0 Å². The molecule has 0 aromatic heterocycles. The minimum Gasteiger partial charge on any atom is -0.369 e. The van der Waals surface area contributed by atoms with E-state index in [-0.39, 0.29) is 23.7 Å². The minimum absolute atomic E-state index is 0. The molecule has 0 heterocycles. The fourth-order valence-electron chi connectivity index (χ4n) is 2.62. The highest BCUT2D eigenvalue weighted by Crippen LogP contribution is 2.44. The number of rotatable bonds is 2. The average Bonchev–Trinajstić information content (AvgIpc) is 2.03. The molecule has 1 aliphatic carbocycles. The summed E-state index contributed by atoms with van der Waals surface area (Å²) in [5, 5.41) is 0. The van der Waals surface area contributed by atoms with Gasteiger partial charge in [-0.25, -0.2) is 0 Å². The van der Waals surface area contributed by atoms with Crippen LogP contribution in [0.25, 0.3) is 0 Å². The van der Waals surface area contributed by atoms with E-state index in [1.807, 2.05) is 0 Å². The molecule has 84 valence electrons. The van der Waals surface area contributed by atoms with E-state index in [0.29, 0.717) is 11.8 Å². The van der Waals surface area contributed by atoms with Crippen LogP contribution >= 0.6 is 12.4 Å². The first-order chi connectivity index (χ1) is 5.99. The van der Waals surface area contributed by atoms with Gasteiger partial charge in [-0.3, -0.25) is 4.79 Å². The summed E-state index contributed by atoms with van der Waals surface area (Å²) in [6, 6.07) is 0. The number of carbonyl (C=O) groups excluding carboxylic acids is 1. The molecule has 0 radical (unpaired) electrons. The highest BCUT2D eigenvalue weighted by molar-refractivity contribution is 5.85. The van der Waals surface area contributed by atoms with Crippen molar-refractivity contribution < 1.29 is 4.79 Å². The second kappa shape index (κ2) is 5.01. The smallest absolute Gasteiger partial charge is 0.223 e. The van der Waals surface area contributed by atoms with Gasteiger partial charge in [0.1, 0.15) is 0 Å². The Labute approximate surface area is 93.0 Å². The molecule has 0 spiro atoms. The lowest BCUT2D eigenvalue weighted by Gasteiger charge is -2.40. The molecule has 1 saturated carbocycles. The third kappa shape index (κ3) is 2.41. The van der Waals surface area contributed by atoms with Gasteiger partial charge in [0.25, 0.3) is 0 Å². The Morgan fingerprint density at radius 1 is 1.50 bits per heavy atom. The number of hydrogen-bond donors (Lipinski definition) is 1. The van der Waals surface area contributed by atoms with Crippen molar-refractivity contribution in [2.75, 3.05) is 0 Å². The van der Waals surface area contributed by atoms with E-state index in [1.165, 1.54) is 6.42 Å². The van der Waals surface area contributed by atoms with Crippen LogP contribution in [0.1, 0.15) is 46.5 Å². The number of hydrogen-bond acceptors (Lipinski definition) is 1. The molecule has 2 nitrogen and oxygen atoms in total. The molecule has 1 amide bonds. The fraction of sp³-hybridized carbons (Fsp3) is 0.909. The summed E-state index contributed by atoms with van der Waals surface area (Å²) in [6.07, 6.45) is 4.38. The summed E-state index contributed by atoms with van der Waals surface area (Å²) in [5.74, 6) is 0.949. The van der Waals surface area contributed by atoms with Crippen molar-refractivity contribution in [2.24, 2.45) is 23.0 Å². The molecule has 1 aliphatic rings. The second-order valence-electron chi connectivity index (χ2n) is 4.88. The Morgan fingerprint density at radius 2 is 2.07 bits per heavy atom. The number of primary amides is 1. The maximum Gasteiger partial charge on any atom is 0.223 e. The first-order valence-electron chi connectivity index (χ1n) is 5.29. The number of halogens is 1. The zero-order chi connectivity index (χ0) is 10.1. The molecule has 2 atom stereocenters. The predicted octanol–water partition coefficient (Wildman–Crippen LogP) is 2.75. The van der Waals surface area contributed by atoms with Crippen LogP contribution in [0.4, 0.5) is 0 Å². The summed E-state index contributed by atoms with van der Waals surface area (Å²) in [6.45, 7) is 6.45. The second-order valence-corrected chi connectivity index (χ2v) is 4.88. The lowest BCUT2D eigenvalue weighted by molar-refractivity contribution is -0.133. The maximum atomic E-state index is 11.5. The summed E-state index contributed by atoms with van der Waals surface area (Å²) in [7, 11) is 0. The number of nitrogens with two attached hydrogens (primary N) is 1. The normalized spacial score (nSPS) is 32.4. The molecule has 0 bridgehead atoms. The van der Waals surface area contributed by atoms with Gasteiger partial charge in [0, 0.05) is 0 Å². The van der Waals surface area contributed by atoms with Gasteiger partial charge < -0.3 is 5.73 Å². The Morgan fingerprint density at radius 3 is 2.36 bits per heavy atom. The van der Waals surface area contributed by atoms with Crippen molar-refractivity contribution in [1.82, 2.24) is 0 Å². The van der Waals surface area contributed by atoms with Crippen LogP contribution in [0.2, 0.25) is 0 Å². The van der Waals surface area contributed by atoms with Gasteiger partial charge >= 0.3 is 0 Å². The van der Waals surface area contributed by atoms with E-state index in [9.17, 15) is 4.79 Å². The molecule has 3 heteroatoms. The first-order valence-corrected chi connectivity index (χ1v) is 5.29. The van der Waals surface area contributed by atoms with E-state index in [2.05, 4.69) is 20.8 Å². The van der Waals surface area contributed by atoms with Gasteiger partial charge in [-0.2, -0.15) is 0 Å². The molecular formula is C11H22ClNO. The van der Waals surface area contributed by atoms with E-state index in [1.54, 1.807) is 0 Å². The predicted molar refractivity (Wildman–Crippen MR) is 61.3 cm³/mol. The van der Waals surface area contributed by atoms with Crippen molar-refractivity contribution in [3.8, 4) is 0 Å². The van der Waals surface area contributed by atoms with Crippen LogP contribution in [0.5, 0.6) is 0 Å². The van der Waals surface area contributed by atoms with Gasteiger partial charge in [-0.05, 0) is 24.7 Å². The van der Waals surface area contributed by atoms with E-state index < -0.39 is 0 Å².